The Bertz CT molecular complexity index is 820. The van der Waals surface area contributed by atoms with Crippen molar-refractivity contribution in [2.45, 2.75) is 6.42 Å². The lowest BCUT2D eigenvalue weighted by molar-refractivity contribution is 0.0719. The number of rotatable bonds is 3. The standard InChI is InChI=1S/C21H24ClN3O2/c1-23(2)17-10-8-16(9-11-17)20(26)24-12-5-13-25(15-14-24)21(27)18-6-3-4-7-19(18)22/h3-4,6-11H,5,12-15H2,1-2H3. The fourth-order valence-corrected chi connectivity index (χ4v) is 3.43. The van der Waals surface area contributed by atoms with E-state index >= 15 is 0 Å². The Morgan fingerprint density at radius 1 is 0.852 bits per heavy atom. The predicted molar refractivity (Wildman–Crippen MR) is 109 cm³/mol. The highest BCUT2D eigenvalue weighted by molar-refractivity contribution is 6.33. The van der Waals surface area contributed by atoms with Gasteiger partial charge in [0, 0.05) is 51.5 Å². The van der Waals surface area contributed by atoms with Gasteiger partial charge < -0.3 is 14.7 Å². The highest BCUT2D eigenvalue weighted by Gasteiger charge is 2.24. The monoisotopic (exact) mass is 385 g/mol. The maximum Gasteiger partial charge on any atom is 0.255 e. The van der Waals surface area contributed by atoms with Crippen LogP contribution in [0, 0.1) is 0 Å². The highest BCUT2D eigenvalue weighted by atomic mass is 35.5. The Morgan fingerprint density at radius 3 is 2.04 bits per heavy atom. The van der Waals surface area contributed by atoms with Crippen LogP contribution < -0.4 is 4.90 Å². The van der Waals surface area contributed by atoms with Crippen LogP contribution in [0.25, 0.3) is 0 Å². The first kappa shape index (κ1) is 19.2. The fraction of sp³-hybridized carbons (Fsp3) is 0.333. The van der Waals surface area contributed by atoms with Crippen LogP contribution in [0.4, 0.5) is 5.69 Å². The number of anilines is 1. The summed E-state index contributed by atoms with van der Waals surface area (Å²) in [6.07, 6.45) is 0.748. The van der Waals surface area contributed by atoms with E-state index in [4.69, 9.17) is 11.6 Å². The molecule has 1 aliphatic rings. The number of hydrogen-bond acceptors (Lipinski definition) is 3. The molecule has 6 heteroatoms. The number of amides is 2. The quantitative estimate of drug-likeness (QED) is 0.813. The molecule has 142 valence electrons. The van der Waals surface area contributed by atoms with Crippen molar-refractivity contribution in [3.05, 3.63) is 64.7 Å². The normalized spacial score (nSPS) is 14.6. The Labute approximate surface area is 165 Å². The van der Waals surface area contributed by atoms with Gasteiger partial charge in [0.25, 0.3) is 11.8 Å². The van der Waals surface area contributed by atoms with E-state index in [1.165, 1.54) is 0 Å². The second-order valence-electron chi connectivity index (χ2n) is 6.86. The third-order valence-corrected chi connectivity index (χ3v) is 5.13. The first-order chi connectivity index (χ1) is 13.0. The molecule has 0 unspecified atom stereocenters. The Kier molecular flexibility index (Phi) is 6.01. The third kappa shape index (κ3) is 4.42. The van der Waals surface area contributed by atoms with E-state index < -0.39 is 0 Å². The molecule has 3 rings (SSSR count). The van der Waals surface area contributed by atoms with Gasteiger partial charge in [-0.2, -0.15) is 0 Å². The summed E-state index contributed by atoms with van der Waals surface area (Å²) in [5.41, 5.74) is 2.24. The van der Waals surface area contributed by atoms with Crippen LogP contribution >= 0.6 is 11.6 Å². The topological polar surface area (TPSA) is 43.9 Å². The molecule has 5 nitrogen and oxygen atoms in total. The molecule has 27 heavy (non-hydrogen) atoms. The molecule has 0 atom stereocenters. The van der Waals surface area contributed by atoms with Gasteiger partial charge in [0.2, 0.25) is 0 Å². The van der Waals surface area contributed by atoms with E-state index in [1.54, 1.807) is 17.0 Å². The van der Waals surface area contributed by atoms with Crippen molar-refractivity contribution in [3.63, 3.8) is 0 Å². The smallest absolute Gasteiger partial charge is 0.255 e. The average molecular weight is 386 g/mol. The van der Waals surface area contributed by atoms with Crippen molar-refractivity contribution in [2.24, 2.45) is 0 Å². The van der Waals surface area contributed by atoms with Gasteiger partial charge >= 0.3 is 0 Å². The largest absolute Gasteiger partial charge is 0.378 e. The Hall–Kier alpha value is -2.53. The third-order valence-electron chi connectivity index (χ3n) is 4.81. The van der Waals surface area contributed by atoms with E-state index in [1.807, 2.05) is 60.3 Å². The highest BCUT2D eigenvalue weighted by Crippen LogP contribution is 2.19. The zero-order chi connectivity index (χ0) is 19.4. The van der Waals surface area contributed by atoms with Gasteiger partial charge in [-0.15, -0.1) is 0 Å². The van der Waals surface area contributed by atoms with Gasteiger partial charge in [-0.05, 0) is 42.8 Å². The predicted octanol–water partition coefficient (Wildman–Crippen LogP) is 3.39. The van der Waals surface area contributed by atoms with Crippen molar-refractivity contribution in [2.75, 3.05) is 45.2 Å². The number of hydrogen-bond donors (Lipinski definition) is 0. The maximum atomic E-state index is 12.8. The number of benzene rings is 2. The van der Waals surface area contributed by atoms with Gasteiger partial charge in [-0.25, -0.2) is 0 Å². The van der Waals surface area contributed by atoms with Gasteiger partial charge in [0.15, 0.2) is 0 Å². The first-order valence-electron chi connectivity index (χ1n) is 9.08. The van der Waals surface area contributed by atoms with Crippen LogP contribution in [0.1, 0.15) is 27.1 Å². The summed E-state index contributed by atoms with van der Waals surface area (Å²) in [4.78, 5) is 31.2. The lowest BCUT2D eigenvalue weighted by atomic mass is 10.1. The minimum atomic E-state index is -0.0785. The van der Waals surface area contributed by atoms with Crippen LogP contribution in [0.15, 0.2) is 48.5 Å². The van der Waals surface area contributed by atoms with E-state index in [0.717, 1.165) is 12.1 Å². The number of carbonyl (C=O) groups is 2. The molecule has 2 aromatic carbocycles. The number of halogens is 1. The van der Waals surface area contributed by atoms with E-state index in [0.29, 0.717) is 42.3 Å². The molecular weight excluding hydrogens is 362 g/mol. The number of carbonyl (C=O) groups excluding carboxylic acids is 2. The van der Waals surface area contributed by atoms with E-state index in [-0.39, 0.29) is 11.8 Å². The van der Waals surface area contributed by atoms with Crippen molar-refractivity contribution in [1.29, 1.82) is 0 Å². The second kappa shape index (κ2) is 8.44. The van der Waals surface area contributed by atoms with Crippen LogP contribution in [0.3, 0.4) is 0 Å². The van der Waals surface area contributed by atoms with Gasteiger partial charge in [0.1, 0.15) is 0 Å². The molecule has 0 radical (unpaired) electrons. The van der Waals surface area contributed by atoms with Crippen LogP contribution in [-0.4, -0.2) is 61.9 Å². The molecule has 0 aromatic heterocycles. The lowest BCUT2D eigenvalue weighted by Gasteiger charge is -2.23. The van der Waals surface area contributed by atoms with Crippen molar-refractivity contribution >= 4 is 29.1 Å². The molecular formula is C21H24ClN3O2. The fourth-order valence-electron chi connectivity index (χ4n) is 3.21. The van der Waals surface area contributed by atoms with E-state index in [9.17, 15) is 9.59 Å². The second-order valence-corrected chi connectivity index (χ2v) is 7.27. The Balaban J connectivity index is 1.66. The molecule has 0 spiro atoms. The molecule has 2 amide bonds. The molecule has 0 bridgehead atoms. The minimum Gasteiger partial charge on any atom is -0.378 e. The van der Waals surface area contributed by atoms with Crippen molar-refractivity contribution in [1.82, 2.24) is 9.80 Å². The summed E-state index contributed by atoms with van der Waals surface area (Å²) in [6, 6.07) is 14.7. The van der Waals surface area contributed by atoms with E-state index in [2.05, 4.69) is 0 Å². The van der Waals surface area contributed by atoms with Crippen LogP contribution in [-0.2, 0) is 0 Å². The molecule has 0 saturated carbocycles. The van der Waals surface area contributed by atoms with Crippen molar-refractivity contribution in [3.8, 4) is 0 Å². The molecule has 1 saturated heterocycles. The maximum absolute atomic E-state index is 12.8. The average Bonchev–Trinajstić information content (AvgIpc) is 2.93. The molecule has 1 fully saturated rings. The summed E-state index contributed by atoms with van der Waals surface area (Å²) in [5.74, 6) is -0.0717. The number of nitrogens with zero attached hydrogens (tertiary/aromatic N) is 3. The summed E-state index contributed by atoms with van der Waals surface area (Å²) >= 11 is 6.16. The Morgan fingerprint density at radius 2 is 1.44 bits per heavy atom. The SMILES string of the molecule is CN(C)c1ccc(C(=O)N2CCCN(C(=O)c3ccccc3Cl)CC2)cc1. The molecule has 1 aliphatic heterocycles. The molecule has 2 aromatic rings. The van der Waals surface area contributed by atoms with Gasteiger partial charge in [-0.3, -0.25) is 9.59 Å². The zero-order valence-electron chi connectivity index (χ0n) is 15.7. The lowest BCUT2D eigenvalue weighted by Crippen LogP contribution is -2.37. The molecule has 1 heterocycles. The first-order valence-corrected chi connectivity index (χ1v) is 9.45. The van der Waals surface area contributed by atoms with Gasteiger partial charge in [-0.1, -0.05) is 23.7 Å². The van der Waals surface area contributed by atoms with Crippen LogP contribution in [0.2, 0.25) is 5.02 Å². The molecule has 0 N–H and O–H groups in total. The zero-order valence-corrected chi connectivity index (χ0v) is 16.4. The minimum absolute atomic E-state index is 0.00680. The van der Waals surface area contributed by atoms with Crippen LogP contribution in [0.5, 0.6) is 0 Å². The summed E-state index contributed by atoms with van der Waals surface area (Å²) in [7, 11) is 3.94. The van der Waals surface area contributed by atoms with Gasteiger partial charge in [0.05, 0.1) is 10.6 Å². The summed E-state index contributed by atoms with van der Waals surface area (Å²) < 4.78 is 0. The van der Waals surface area contributed by atoms with Crippen molar-refractivity contribution < 1.29 is 9.59 Å². The summed E-state index contributed by atoms with van der Waals surface area (Å²) in [5, 5.41) is 0.459. The molecule has 0 aliphatic carbocycles. The summed E-state index contributed by atoms with van der Waals surface area (Å²) in [6.45, 7) is 2.28.